The standard InChI is InChI=1S/C27H32N4O3/c1-26(2)13-20(31-22(33)14-27(3,4)30-25(31)28)18-11-16(9-10-19(18)26)24(34)29-23-17-8-6-5-7-15(17)12-21(23)32/h5-11,20-21,23,32H,12-14H2,1-4H3,(H2,28,30)(H,29,34)/t20-,21-,23-/m1/s1. The number of guanidine groups is 1. The van der Waals surface area contributed by atoms with Crippen molar-refractivity contribution in [2.45, 2.75) is 76.1 Å². The lowest BCUT2D eigenvalue weighted by molar-refractivity contribution is -0.131. The van der Waals surface area contributed by atoms with Crippen molar-refractivity contribution < 1.29 is 14.7 Å². The van der Waals surface area contributed by atoms with Gasteiger partial charge in [0.05, 0.1) is 30.1 Å². The van der Waals surface area contributed by atoms with Gasteiger partial charge in [-0.1, -0.05) is 44.2 Å². The first-order chi connectivity index (χ1) is 16.0. The van der Waals surface area contributed by atoms with Crippen LogP contribution in [0.4, 0.5) is 0 Å². The smallest absolute Gasteiger partial charge is 0.251 e. The molecule has 5 rings (SSSR count). The molecule has 2 aromatic rings. The van der Waals surface area contributed by atoms with Crippen LogP contribution in [0.3, 0.4) is 0 Å². The molecule has 34 heavy (non-hydrogen) atoms. The minimum Gasteiger partial charge on any atom is -0.390 e. The molecule has 1 heterocycles. The summed E-state index contributed by atoms with van der Waals surface area (Å²) in [5.74, 6) is -0.0677. The molecule has 0 bridgehead atoms. The highest BCUT2D eigenvalue weighted by atomic mass is 16.3. The molecule has 178 valence electrons. The van der Waals surface area contributed by atoms with Crippen molar-refractivity contribution >= 4 is 17.8 Å². The zero-order chi connectivity index (χ0) is 24.4. The van der Waals surface area contributed by atoms with Crippen LogP contribution in [0.15, 0.2) is 47.5 Å². The molecule has 4 N–H and O–H groups in total. The molecule has 2 aliphatic carbocycles. The summed E-state index contributed by atoms with van der Waals surface area (Å²) in [6, 6.07) is 12.7. The number of hydrogen-bond donors (Lipinski definition) is 3. The van der Waals surface area contributed by atoms with Crippen molar-refractivity contribution in [3.05, 3.63) is 70.3 Å². The highest BCUT2D eigenvalue weighted by Gasteiger charge is 2.45. The van der Waals surface area contributed by atoms with Crippen LogP contribution >= 0.6 is 0 Å². The summed E-state index contributed by atoms with van der Waals surface area (Å²) in [6.07, 6.45) is 0.852. The van der Waals surface area contributed by atoms with E-state index in [0.29, 0.717) is 24.8 Å². The predicted molar refractivity (Wildman–Crippen MR) is 130 cm³/mol. The number of carbonyl (C=O) groups excluding carboxylic acids is 2. The lowest BCUT2D eigenvalue weighted by atomic mass is 9.86. The average Bonchev–Trinajstić information content (AvgIpc) is 3.19. The van der Waals surface area contributed by atoms with Gasteiger partial charge in [-0.2, -0.15) is 0 Å². The van der Waals surface area contributed by atoms with Gasteiger partial charge in [-0.15, -0.1) is 0 Å². The Hall–Kier alpha value is -3.19. The Labute approximate surface area is 200 Å². The monoisotopic (exact) mass is 460 g/mol. The van der Waals surface area contributed by atoms with Crippen LogP contribution in [0.5, 0.6) is 0 Å². The van der Waals surface area contributed by atoms with Gasteiger partial charge in [-0.05, 0) is 60.1 Å². The van der Waals surface area contributed by atoms with Crippen molar-refractivity contribution in [1.82, 2.24) is 10.2 Å². The highest BCUT2D eigenvalue weighted by Crippen LogP contribution is 2.48. The van der Waals surface area contributed by atoms with Crippen LogP contribution in [0.1, 0.15) is 85.2 Å². The van der Waals surface area contributed by atoms with Crippen LogP contribution < -0.4 is 11.1 Å². The van der Waals surface area contributed by atoms with Gasteiger partial charge in [0, 0.05) is 12.0 Å². The number of aliphatic imine (C=N–C) groups is 1. The van der Waals surface area contributed by atoms with E-state index >= 15 is 0 Å². The van der Waals surface area contributed by atoms with Crippen LogP contribution in [-0.4, -0.2) is 39.4 Å². The summed E-state index contributed by atoms with van der Waals surface area (Å²) < 4.78 is 0. The molecule has 2 aromatic carbocycles. The number of hydrogen-bond acceptors (Lipinski definition) is 5. The summed E-state index contributed by atoms with van der Waals surface area (Å²) in [7, 11) is 0. The maximum atomic E-state index is 13.3. The number of fused-ring (bicyclic) bond motifs is 2. The molecule has 0 unspecified atom stereocenters. The molecule has 0 aromatic heterocycles. The number of rotatable bonds is 3. The number of nitrogens with two attached hydrogens (primary N) is 1. The van der Waals surface area contributed by atoms with E-state index in [0.717, 1.165) is 22.3 Å². The van der Waals surface area contributed by atoms with E-state index in [2.05, 4.69) is 24.2 Å². The summed E-state index contributed by atoms with van der Waals surface area (Å²) in [6.45, 7) is 8.09. The maximum absolute atomic E-state index is 13.3. The normalized spacial score (nSPS) is 26.6. The molecule has 0 spiro atoms. The predicted octanol–water partition coefficient (Wildman–Crippen LogP) is 3.12. The minimum absolute atomic E-state index is 0.0494. The summed E-state index contributed by atoms with van der Waals surface area (Å²) >= 11 is 0. The molecule has 3 aliphatic rings. The van der Waals surface area contributed by atoms with Crippen LogP contribution in [0.25, 0.3) is 0 Å². The number of nitrogens with one attached hydrogen (secondary N) is 1. The van der Waals surface area contributed by atoms with E-state index in [9.17, 15) is 14.7 Å². The van der Waals surface area contributed by atoms with Crippen molar-refractivity contribution in [3.63, 3.8) is 0 Å². The second-order valence-electron chi connectivity index (χ2n) is 11.1. The molecular weight excluding hydrogens is 428 g/mol. The van der Waals surface area contributed by atoms with E-state index in [1.54, 1.807) is 4.90 Å². The quantitative estimate of drug-likeness (QED) is 0.654. The first-order valence-electron chi connectivity index (χ1n) is 11.9. The Bertz CT molecular complexity index is 1220. The van der Waals surface area contributed by atoms with Gasteiger partial charge in [0.2, 0.25) is 5.91 Å². The topological polar surface area (TPSA) is 108 Å². The van der Waals surface area contributed by atoms with Crippen LogP contribution in [0, 0.1) is 0 Å². The maximum Gasteiger partial charge on any atom is 0.251 e. The molecule has 1 aliphatic heterocycles. The third kappa shape index (κ3) is 3.68. The molecule has 0 fully saturated rings. The van der Waals surface area contributed by atoms with E-state index in [4.69, 9.17) is 5.73 Å². The van der Waals surface area contributed by atoms with Gasteiger partial charge in [0.1, 0.15) is 0 Å². The Morgan fingerprint density at radius 2 is 1.88 bits per heavy atom. The fourth-order valence-electron chi connectivity index (χ4n) is 5.82. The van der Waals surface area contributed by atoms with Gasteiger partial charge in [-0.25, -0.2) is 4.99 Å². The molecule has 7 heteroatoms. The summed E-state index contributed by atoms with van der Waals surface area (Å²) in [4.78, 5) is 32.5. The lowest BCUT2D eigenvalue weighted by Crippen LogP contribution is -2.51. The third-order valence-electron chi connectivity index (χ3n) is 7.42. The summed E-state index contributed by atoms with van der Waals surface area (Å²) in [5.41, 5.74) is 10.1. The fraction of sp³-hybridized carbons (Fsp3) is 0.444. The second-order valence-corrected chi connectivity index (χ2v) is 11.1. The Balaban J connectivity index is 1.47. The molecule has 0 saturated carbocycles. The number of amides is 2. The van der Waals surface area contributed by atoms with Crippen molar-refractivity contribution in [1.29, 1.82) is 0 Å². The van der Waals surface area contributed by atoms with E-state index < -0.39 is 17.7 Å². The van der Waals surface area contributed by atoms with E-state index in [-0.39, 0.29) is 29.2 Å². The molecule has 2 amide bonds. The van der Waals surface area contributed by atoms with Gasteiger partial charge in [0.25, 0.3) is 5.91 Å². The van der Waals surface area contributed by atoms with Gasteiger partial charge >= 0.3 is 0 Å². The van der Waals surface area contributed by atoms with Crippen LogP contribution in [-0.2, 0) is 16.6 Å². The first kappa shape index (κ1) is 22.6. The van der Waals surface area contributed by atoms with E-state index in [1.807, 2.05) is 56.3 Å². The average molecular weight is 461 g/mol. The van der Waals surface area contributed by atoms with Crippen molar-refractivity contribution in [2.24, 2.45) is 10.7 Å². The van der Waals surface area contributed by atoms with Crippen molar-refractivity contribution in [3.8, 4) is 0 Å². The van der Waals surface area contributed by atoms with Crippen LogP contribution in [0.2, 0.25) is 0 Å². The molecule has 0 radical (unpaired) electrons. The molecular formula is C27H32N4O3. The SMILES string of the molecule is CC1(C)CC(=O)N([C@@H]2CC(C)(C)c3ccc(C(=O)N[C@@H]4c5ccccc5C[C@H]4O)cc32)C(N)=N1. The molecule has 7 nitrogen and oxygen atoms in total. The second kappa shape index (κ2) is 7.67. The third-order valence-corrected chi connectivity index (χ3v) is 7.42. The highest BCUT2D eigenvalue weighted by molar-refractivity contribution is 6.00. The van der Waals surface area contributed by atoms with E-state index in [1.165, 1.54) is 0 Å². The number of benzene rings is 2. The Kier molecular flexibility index (Phi) is 5.09. The molecule has 0 saturated heterocycles. The largest absolute Gasteiger partial charge is 0.390 e. The minimum atomic E-state index is -0.659. The fourth-order valence-corrected chi connectivity index (χ4v) is 5.82. The first-order valence-corrected chi connectivity index (χ1v) is 11.9. The summed E-state index contributed by atoms with van der Waals surface area (Å²) in [5, 5.41) is 13.6. The van der Waals surface area contributed by atoms with Gasteiger partial charge < -0.3 is 16.2 Å². The number of nitrogens with zero attached hydrogens (tertiary/aromatic N) is 2. The van der Waals surface area contributed by atoms with Crippen molar-refractivity contribution in [2.75, 3.05) is 0 Å². The Morgan fingerprint density at radius 1 is 1.15 bits per heavy atom. The van der Waals surface area contributed by atoms with Gasteiger partial charge in [0.15, 0.2) is 5.96 Å². The Morgan fingerprint density at radius 3 is 2.62 bits per heavy atom. The zero-order valence-corrected chi connectivity index (χ0v) is 20.1. The lowest BCUT2D eigenvalue weighted by Gasteiger charge is -2.37. The number of carbonyl (C=O) groups is 2. The number of aliphatic hydroxyl groups excluding tert-OH is 1. The zero-order valence-electron chi connectivity index (χ0n) is 20.1. The van der Waals surface area contributed by atoms with Gasteiger partial charge in [-0.3, -0.25) is 14.5 Å². The number of aliphatic hydroxyl groups is 1. The molecule has 3 atom stereocenters.